The molecule has 29 heavy (non-hydrogen) atoms. The summed E-state index contributed by atoms with van der Waals surface area (Å²) in [5.74, 6) is -0.948. The van der Waals surface area contributed by atoms with Gasteiger partial charge < -0.3 is 10.1 Å². The van der Waals surface area contributed by atoms with Crippen molar-refractivity contribution in [3.8, 4) is 0 Å². The molecule has 0 atom stereocenters. The van der Waals surface area contributed by atoms with Crippen LogP contribution in [0, 0.1) is 0 Å². The van der Waals surface area contributed by atoms with E-state index in [0.717, 1.165) is 0 Å². The Morgan fingerprint density at radius 3 is 2.14 bits per heavy atom. The number of carbonyl (C=O) groups excluding carboxylic acids is 2. The molecular formula is C20H23ClN2O5S. The highest BCUT2D eigenvalue weighted by molar-refractivity contribution is 7.89. The quantitative estimate of drug-likeness (QED) is 0.633. The van der Waals surface area contributed by atoms with Crippen molar-refractivity contribution in [2.75, 3.05) is 25.0 Å². The molecule has 0 saturated carbocycles. The number of anilines is 1. The van der Waals surface area contributed by atoms with Gasteiger partial charge in [0.25, 0.3) is 5.91 Å². The van der Waals surface area contributed by atoms with Gasteiger partial charge in [0.2, 0.25) is 10.0 Å². The standard InChI is InChI=1S/C20H23ClN2O5S/c1-4-23(5-2)29(26,27)18-13-15(9-12-17(18)21)19(24)22-16-10-7-14(8-11-16)20(25)28-6-3/h7-13H,4-6H2,1-3H3,(H,22,24). The SMILES string of the molecule is CCOC(=O)c1ccc(NC(=O)c2ccc(Cl)c(S(=O)(=O)N(CC)CC)c2)cc1. The Kier molecular flexibility index (Phi) is 7.78. The van der Waals surface area contributed by atoms with E-state index < -0.39 is 21.9 Å². The number of hydrogen-bond donors (Lipinski definition) is 1. The molecule has 0 aliphatic rings. The van der Waals surface area contributed by atoms with Crippen molar-refractivity contribution in [2.45, 2.75) is 25.7 Å². The molecule has 0 aromatic heterocycles. The predicted octanol–water partition coefficient (Wildman–Crippen LogP) is 3.80. The van der Waals surface area contributed by atoms with Crippen LogP contribution in [0.3, 0.4) is 0 Å². The van der Waals surface area contributed by atoms with Crippen LogP contribution in [0.5, 0.6) is 0 Å². The molecule has 1 amide bonds. The van der Waals surface area contributed by atoms with Crippen LogP contribution < -0.4 is 5.32 Å². The van der Waals surface area contributed by atoms with Crippen molar-refractivity contribution in [3.63, 3.8) is 0 Å². The van der Waals surface area contributed by atoms with Crippen molar-refractivity contribution in [3.05, 3.63) is 58.6 Å². The van der Waals surface area contributed by atoms with E-state index in [2.05, 4.69) is 5.32 Å². The van der Waals surface area contributed by atoms with Crippen LogP contribution in [0.25, 0.3) is 0 Å². The molecule has 0 aliphatic heterocycles. The van der Waals surface area contributed by atoms with Crippen LogP contribution in [-0.2, 0) is 14.8 Å². The van der Waals surface area contributed by atoms with E-state index >= 15 is 0 Å². The van der Waals surface area contributed by atoms with Gasteiger partial charge in [-0.2, -0.15) is 4.31 Å². The second-order valence-corrected chi connectivity index (χ2v) is 8.30. The molecule has 9 heteroatoms. The minimum atomic E-state index is -3.81. The molecule has 0 saturated heterocycles. The zero-order valence-corrected chi connectivity index (χ0v) is 18.0. The predicted molar refractivity (Wildman–Crippen MR) is 112 cm³/mol. The monoisotopic (exact) mass is 438 g/mol. The zero-order chi connectivity index (χ0) is 21.6. The number of hydrogen-bond acceptors (Lipinski definition) is 5. The minimum absolute atomic E-state index is 0.0484. The number of rotatable bonds is 8. The zero-order valence-electron chi connectivity index (χ0n) is 16.4. The average Bonchev–Trinajstić information content (AvgIpc) is 2.69. The Labute approximate surface area is 175 Å². The molecule has 1 N–H and O–H groups in total. The normalized spacial score (nSPS) is 11.3. The van der Waals surface area contributed by atoms with Crippen molar-refractivity contribution < 1.29 is 22.7 Å². The number of amides is 1. The Hall–Kier alpha value is -2.42. The summed E-state index contributed by atoms with van der Waals surface area (Å²) in [6, 6.07) is 10.3. The van der Waals surface area contributed by atoms with Crippen molar-refractivity contribution >= 4 is 39.2 Å². The van der Waals surface area contributed by atoms with Gasteiger partial charge in [-0.25, -0.2) is 13.2 Å². The minimum Gasteiger partial charge on any atom is -0.462 e. The van der Waals surface area contributed by atoms with Crippen LogP contribution in [0.15, 0.2) is 47.4 Å². The summed E-state index contributed by atoms with van der Waals surface area (Å²) in [7, 11) is -3.81. The first-order valence-electron chi connectivity index (χ1n) is 9.12. The number of carbonyl (C=O) groups is 2. The molecule has 0 bridgehead atoms. The van der Waals surface area contributed by atoms with E-state index in [9.17, 15) is 18.0 Å². The fraction of sp³-hybridized carbons (Fsp3) is 0.300. The van der Waals surface area contributed by atoms with Gasteiger partial charge in [0.1, 0.15) is 4.90 Å². The maximum absolute atomic E-state index is 12.8. The summed E-state index contributed by atoms with van der Waals surface area (Å²) in [4.78, 5) is 24.1. The summed E-state index contributed by atoms with van der Waals surface area (Å²) in [6.45, 7) is 6.02. The van der Waals surface area contributed by atoms with Crippen LogP contribution >= 0.6 is 11.6 Å². The van der Waals surface area contributed by atoms with Crippen molar-refractivity contribution in [1.29, 1.82) is 0 Å². The van der Waals surface area contributed by atoms with E-state index in [1.807, 2.05) is 0 Å². The molecule has 2 aromatic rings. The highest BCUT2D eigenvalue weighted by Gasteiger charge is 2.25. The van der Waals surface area contributed by atoms with E-state index in [4.69, 9.17) is 16.3 Å². The van der Waals surface area contributed by atoms with Gasteiger partial charge in [0, 0.05) is 24.3 Å². The number of ether oxygens (including phenoxy) is 1. The molecule has 0 aliphatic carbocycles. The van der Waals surface area contributed by atoms with Gasteiger partial charge in [-0.1, -0.05) is 25.4 Å². The first kappa shape index (κ1) is 22.9. The second-order valence-electron chi connectivity index (χ2n) is 5.99. The Balaban J connectivity index is 2.25. The maximum atomic E-state index is 12.8. The highest BCUT2D eigenvalue weighted by atomic mass is 35.5. The van der Waals surface area contributed by atoms with Gasteiger partial charge in [-0.3, -0.25) is 4.79 Å². The van der Waals surface area contributed by atoms with Crippen LogP contribution in [0.4, 0.5) is 5.69 Å². The molecule has 156 valence electrons. The lowest BCUT2D eigenvalue weighted by Crippen LogP contribution is -2.31. The van der Waals surface area contributed by atoms with Gasteiger partial charge in [0.05, 0.1) is 17.2 Å². The largest absolute Gasteiger partial charge is 0.462 e. The average molecular weight is 439 g/mol. The molecule has 0 fully saturated rings. The van der Waals surface area contributed by atoms with Gasteiger partial charge in [-0.05, 0) is 49.4 Å². The van der Waals surface area contributed by atoms with Gasteiger partial charge in [-0.15, -0.1) is 0 Å². The molecule has 2 rings (SSSR count). The molecule has 7 nitrogen and oxygen atoms in total. The molecule has 0 radical (unpaired) electrons. The Morgan fingerprint density at radius 2 is 1.59 bits per heavy atom. The van der Waals surface area contributed by atoms with E-state index in [1.54, 1.807) is 32.9 Å². The summed E-state index contributed by atoms with van der Waals surface area (Å²) in [5.41, 5.74) is 0.963. The molecule has 0 heterocycles. The van der Waals surface area contributed by atoms with E-state index in [0.29, 0.717) is 24.3 Å². The molecule has 0 spiro atoms. The Morgan fingerprint density at radius 1 is 1.00 bits per heavy atom. The second kappa shape index (κ2) is 9.87. The van der Waals surface area contributed by atoms with E-state index in [1.165, 1.54) is 34.6 Å². The summed E-state index contributed by atoms with van der Waals surface area (Å²) in [5, 5.41) is 2.72. The molecule has 0 unspecified atom stereocenters. The lowest BCUT2D eigenvalue weighted by Gasteiger charge is -2.19. The van der Waals surface area contributed by atoms with Crippen molar-refractivity contribution in [2.24, 2.45) is 0 Å². The number of nitrogens with one attached hydrogen (secondary N) is 1. The third-order valence-electron chi connectivity index (χ3n) is 4.17. The third kappa shape index (κ3) is 5.35. The third-order valence-corrected chi connectivity index (χ3v) is 6.70. The molecular weight excluding hydrogens is 416 g/mol. The highest BCUT2D eigenvalue weighted by Crippen LogP contribution is 2.26. The smallest absolute Gasteiger partial charge is 0.338 e. The van der Waals surface area contributed by atoms with Crippen molar-refractivity contribution in [1.82, 2.24) is 4.31 Å². The molecule has 2 aromatic carbocycles. The van der Waals surface area contributed by atoms with Crippen LogP contribution in [0.1, 0.15) is 41.5 Å². The number of nitrogens with zero attached hydrogens (tertiary/aromatic N) is 1. The number of halogens is 1. The lowest BCUT2D eigenvalue weighted by molar-refractivity contribution is 0.0526. The first-order valence-corrected chi connectivity index (χ1v) is 10.9. The number of benzene rings is 2. The Bertz CT molecular complexity index is 986. The summed E-state index contributed by atoms with van der Waals surface area (Å²) >= 11 is 6.10. The summed E-state index contributed by atoms with van der Waals surface area (Å²) < 4.78 is 31.7. The number of esters is 1. The van der Waals surface area contributed by atoms with E-state index in [-0.39, 0.29) is 22.1 Å². The topological polar surface area (TPSA) is 92.8 Å². The van der Waals surface area contributed by atoms with Gasteiger partial charge in [0.15, 0.2) is 0 Å². The lowest BCUT2D eigenvalue weighted by atomic mass is 10.2. The maximum Gasteiger partial charge on any atom is 0.338 e. The van der Waals surface area contributed by atoms with Crippen LogP contribution in [-0.4, -0.2) is 44.3 Å². The van der Waals surface area contributed by atoms with Crippen LogP contribution in [0.2, 0.25) is 5.02 Å². The summed E-state index contributed by atoms with van der Waals surface area (Å²) in [6.07, 6.45) is 0. The van der Waals surface area contributed by atoms with Gasteiger partial charge >= 0.3 is 5.97 Å². The number of sulfonamides is 1. The first-order chi connectivity index (χ1) is 13.7. The fourth-order valence-electron chi connectivity index (χ4n) is 2.65. The fourth-order valence-corrected chi connectivity index (χ4v) is 4.61.